The number of ether oxygens (including phenoxy) is 1. The summed E-state index contributed by atoms with van der Waals surface area (Å²) in [6, 6.07) is 0.179. The molecule has 0 aliphatic heterocycles. The van der Waals surface area contributed by atoms with Crippen LogP contribution in [0.2, 0.25) is 0 Å². The van der Waals surface area contributed by atoms with Gasteiger partial charge in [0, 0.05) is 6.07 Å². The Labute approximate surface area is 96.4 Å². The minimum atomic E-state index is -1.46. The molecule has 2 rings (SSSR count). The molecule has 1 nitrogen and oxygen atoms in total. The molecule has 0 amide bonds. The van der Waals surface area contributed by atoms with Crippen molar-refractivity contribution in [3.63, 3.8) is 0 Å². The van der Waals surface area contributed by atoms with Crippen LogP contribution in [0.25, 0.3) is 0 Å². The zero-order valence-electron chi connectivity index (χ0n) is 9.11. The van der Waals surface area contributed by atoms with E-state index >= 15 is 0 Å². The predicted octanol–water partition coefficient (Wildman–Crippen LogP) is 3.95. The summed E-state index contributed by atoms with van der Waals surface area (Å²) in [4.78, 5) is 0. The highest BCUT2D eigenvalue weighted by molar-refractivity contribution is 5.28. The SMILES string of the molecule is Fc1cc(F)c(F)c(OC2CCCCC2)c1F. The maximum Gasteiger partial charge on any atom is 0.203 e. The zero-order valence-corrected chi connectivity index (χ0v) is 9.11. The normalized spacial score (nSPS) is 17.2. The molecular formula is C12H12F4O. The Morgan fingerprint density at radius 3 is 1.94 bits per heavy atom. The van der Waals surface area contributed by atoms with Gasteiger partial charge in [0.15, 0.2) is 17.4 Å². The van der Waals surface area contributed by atoms with Gasteiger partial charge in [-0.25, -0.2) is 8.78 Å². The van der Waals surface area contributed by atoms with Gasteiger partial charge in [0.25, 0.3) is 0 Å². The molecule has 0 spiro atoms. The molecule has 0 radical (unpaired) electrons. The number of hydrogen-bond acceptors (Lipinski definition) is 1. The Morgan fingerprint density at radius 1 is 0.882 bits per heavy atom. The summed E-state index contributed by atoms with van der Waals surface area (Å²) >= 11 is 0. The van der Waals surface area contributed by atoms with Crippen molar-refractivity contribution in [3.05, 3.63) is 29.3 Å². The average Bonchev–Trinajstić information content (AvgIpc) is 2.33. The zero-order chi connectivity index (χ0) is 12.4. The lowest BCUT2D eigenvalue weighted by Gasteiger charge is -2.23. The maximum absolute atomic E-state index is 13.3. The summed E-state index contributed by atoms with van der Waals surface area (Å²) in [5.74, 6) is -6.73. The topological polar surface area (TPSA) is 9.23 Å². The maximum atomic E-state index is 13.3. The first-order chi connectivity index (χ1) is 8.09. The summed E-state index contributed by atoms with van der Waals surface area (Å²) in [5.41, 5.74) is 0. The lowest BCUT2D eigenvalue weighted by Crippen LogP contribution is -2.21. The van der Waals surface area contributed by atoms with Gasteiger partial charge in [-0.05, 0) is 25.7 Å². The molecule has 1 aromatic carbocycles. The fraction of sp³-hybridized carbons (Fsp3) is 0.500. The largest absolute Gasteiger partial charge is 0.484 e. The molecular weight excluding hydrogens is 236 g/mol. The molecule has 0 heterocycles. The molecule has 0 atom stereocenters. The standard InChI is InChI=1S/C12H12F4O/c13-8-6-9(14)11(16)12(10(8)15)17-7-4-2-1-3-5-7/h6-7H,1-5H2. The van der Waals surface area contributed by atoms with E-state index in [4.69, 9.17) is 4.74 Å². The lowest BCUT2D eigenvalue weighted by molar-refractivity contribution is 0.138. The third kappa shape index (κ3) is 2.53. The second-order valence-corrected chi connectivity index (χ2v) is 4.18. The fourth-order valence-corrected chi connectivity index (χ4v) is 2.00. The van der Waals surface area contributed by atoms with Crippen LogP contribution in [0.4, 0.5) is 17.6 Å². The highest BCUT2D eigenvalue weighted by Gasteiger charge is 2.24. The molecule has 0 saturated heterocycles. The van der Waals surface area contributed by atoms with E-state index in [9.17, 15) is 17.6 Å². The van der Waals surface area contributed by atoms with Crippen LogP contribution >= 0.6 is 0 Å². The van der Waals surface area contributed by atoms with E-state index in [-0.39, 0.29) is 12.2 Å². The summed E-state index contributed by atoms with van der Waals surface area (Å²) < 4.78 is 57.5. The number of halogens is 4. The van der Waals surface area contributed by atoms with Gasteiger partial charge in [-0.2, -0.15) is 8.78 Å². The Hall–Kier alpha value is -1.26. The van der Waals surface area contributed by atoms with Gasteiger partial charge in [0.2, 0.25) is 11.6 Å². The van der Waals surface area contributed by atoms with E-state index in [0.29, 0.717) is 12.8 Å². The van der Waals surface area contributed by atoms with Crippen molar-refractivity contribution in [2.75, 3.05) is 0 Å². The second-order valence-electron chi connectivity index (χ2n) is 4.18. The number of benzene rings is 1. The minimum absolute atomic E-state index is 0.179. The average molecular weight is 248 g/mol. The number of hydrogen-bond donors (Lipinski definition) is 0. The van der Waals surface area contributed by atoms with Crippen LogP contribution in [0, 0.1) is 23.3 Å². The summed E-state index contributed by atoms with van der Waals surface area (Å²) in [6.45, 7) is 0. The molecule has 0 aromatic heterocycles. The van der Waals surface area contributed by atoms with Gasteiger partial charge >= 0.3 is 0 Å². The van der Waals surface area contributed by atoms with E-state index in [1.807, 2.05) is 0 Å². The van der Waals surface area contributed by atoms with Crippen LogP contribution in [0.5, 0.6) is 5.75 Å². The van der Waals surface area contributed by atoms with Gasteiger partial charge < -0.3 is 4.74 Å². The number of rotatable bonds is 2. The van der Waals surface area contributed by atoms with Crippen LogP contribution in [0.1, 0.15) is 32.1 Å². The van der Waals surface area contributed by atoms with Crippen molar-refractivity contribution in [2.45, 2.75) is 38.2 Å². The molecule has 5 heteroatoms. The second kappa shape index (κ2) is 4.94. The van der Waals surface area contributed by atoms with Crippen molar-refractivity contribution < 1.29 is 22.3 Å². The summed E-state index contributed by atoms with van der Waals surface area (Å²) in [5, 5.41) is 0. The first kappa shape index (κ1) is 12.2. The summed E-state index contributed by atoms with van der Waals surface area (Å²) in [7, 11) is 0. The highest BCUT2D eigenvalue weighted by Crippen LogP contribution is 2.30. The van der Waals surface area contributed by atoms with Gasteiger partial charge in [0.1, 0.15) is 0 Å². The smallest absolute Gasteiger partial charge is 0.203 e. The van der Waals surface area contributed by atoms with Crippen molar-refractivity contribution in [1.82, 2.24) is 0 Å². The first-order valence-corrected chi connectivity index (χ1v) is 5.59. The Balaban J connectivity index is 2.24. The minimum Gasteiger partial charge on any atom is -0.484 e. The van der Waals surface area contributed by atoms with E-state index in [1.54, 1.807) is 0 Å². The van der Waals surface area contributed by atoms with E-state index in [2.05, 4.69) is 0 Å². The van der Waals surface area contributed by atoms with E-state index in [0.717, 1.165) is 19.3 Å². The molecule has 17 heavy (non-hydrogen) atoms. The Bertz CT molecular complexity index is 387. The van der Waals surface area contributed by atoms with Crippen LogP contribution in [0.15, 0.2) is 6.07 Å². The van der Waals surface area contributed by atoms with Gasteiger partial charge in [-0.1, -0.05) is 6.42 Å². The molecule has 1 aliphatic rings. The quantitative estimate of drug-likeness (QED) is 0.568. The van der Waals surface area contributed by atoms with Crippen molar-refractivity contribution in [1.29, 1.82) is 0 Å². The third-order valence-electron chi connectivity index (χ3n) is 2.91. The van der Waals surface area contributed by atoms with Gasteiger partial charge in [-0.15, -0.1) is 0 Å². The molecule has 0 unspecified atom stereocenters. The molecule has 0 bridgehead atoms. The van der Waals surface area contributed by atoms with Crippen molar-refractivity contribution in [3.8, 4) is 5.75 Å². The Morgan fingerprint density at radius 2 is 1.41 bits per heavy atom. The highest BCUT2D eigenvalue weighted by atomic mass is 19.2. The van der Waals surface area contributed by atoms with Crippen LogP contribution in [0.3, 0.4) is 0 Å². The van der Waals surface area contributed by atoms with Crippen LogP contribution in [-0.2, 0) is 0 Å². The van der Waals surface area contributed by atoms with E-state index in [1.165, 1.54) is 0 Å². The first-order valence-electron chi connectivity index (χ1n) is 5.59. The van der Waals surface area contributed by atoms with Crippen molar-refractivity contribution in [2.24, 2.45) is 0 Å². The molecule has 0 N–H and O–H groups in total. The molecule has 94 valence electrons. The van der Waals surface area contributed by atoms with Gasteiger partial charge in [-0.3, -0.25) is 0 Å². The van der Waals surface area contributed by atoms with Crippen LogP contribution in [-0.4, -0.2) is 6.10 Å². The third-order valence-corrected chi connectivity index (χ3v) is 2.91. The predicted molar refractivity (Wildman–Crippen MR) is 53.8 cm³/mol. The van der Waals surface area contributed by atoms with Gasteiger partial charge in [0.05, 0.1) is 6.10 Å². The Kier molecular flexibility index (Phi) is 3.54. The lowest BCUT2D eigenvalue weighted by atomic mass is 9.98. The van der Waals surface area contributed by atoms with Crippen LogP contribution < -0.4 is 4.74 Å². The van der Waals surface area contributed by atoms with Crippen molar-refractivity contribution >= 4 is 0 Å². The molecule has 1 fully saturated rings. The molecule has 1 aromatic rings. The summed E-state index contributed by atoms with van der Waals surface area (Å²) in [6.07, 6.45) is 3.77. The van der Waals surface area contributed by atoms with E-state index < -0.39 is 29.0 Å². The molecule has 1 saturated carbocycles. The monoisotopic (exact) mass is 248 g/mol. The fourth-order valence-electron chi connectivity index (χ4n) is 2.00. The molecule has 1 aliphatic carbocycles.